The lowest BCUT2D eigenvalue weighted by molar-refractivity contribution is -0.123. The summed E-state index contributed by atoms with van der Waals surface area (Å²) in [5.74, 6) is 1.77. The summed E-state index contributed by atoms with van der Waals surface area (Å²) in [5.41, 5.74) is 1.36. The Labute approximate surface area is 133 Å². The van der Waals surface area contributed by atoms with Crippen LogP contribution in [0.2, 0.25) is 0 Å². The molecule has 1 aromatic rings. The molecular weight excluding hydrogens is 274 g/mol. The second-order valence-corrected chi connectivity index (χ2v) is 7.06. The van der Waals surface area contributed by atoms with Gasteiger partial charge in [0, 0.05) is 17.2 Å². The van der Waals surface area contributed by atoms with Gasteiger partial charge in [0.05, 0.1) is 0 Å². The minimum atomic E-state index is 0.0162. The molecule has 0 heterocycles. The molecule has 0 aliphatic heterocycles. The Bertz CT molecular complexity index is 550. The SMILES string of the molecule is CC(=O)c1cccc(NC(=O)[C@@H]2C[C@H](C)CC[C@H]2C(C)C)c1. The summed E-state index contributed by atoms with van der Waals surface area (Å²) in [6, 6.07) is 7.20. The Kier molecular flexibility index (Phi) is 5.38. The van der Waals surface area contributed by atoms with Gasteiger partial charge < -0.3 is 5.32 Å². The van der Waals surface area contributed by atoms with Gasteiger partial charge in [-0.1, -0.05) is 39.3 Å². The van der Waals surface area contributed by atoms with E-state index in [1.807, 2.05) is 12.1 Å². The van der Waals surface area contributed by atoms with E-state index in [1.54, 1.807) is 19.1 Å². The van der Waals surface area contributed by atoms with Gasteiger partial charge in [-0.25, -0.2) is 0 Å². The summed E-state index contributed by atoms with van der Waals surface area (Å²) >= 11 is 0. The largest absolute Gasteiger partial charge is 0.326 e. The zero-order valence-electron chi connectivity index (χ0n) is 14.1. The maximum Gasteiger partial charge on any atom is 0.227 e. The lowest BCUT2D eigenvalue weighted by Crippen LogP contribution is -2.36. The lowest BCUT2D eigenvalue weighted by atomic mass is 9.70. The van der Waals surface area contributed by atoms with E-state index in [0.29, 0.717) is 23.3 Å². The van der Waals surface area contributed by atoms with Crippen LogP contribution in [0.5, 0.6) is 0 Å². The third-order valence-electron chi connectivity index (χ3n) is 4.90. The molecule has 1 aromatic carbocycles. The van der Waals surface area contributed by atoms with Gasteiger partial charge in [-0.3, -0.25) is 9.59 Å². The van der Waals surface area contributed by atoms with E-state index in [-0.39, 0.29) is 17.6 Å². The number of Topliss-reactive ketones (excluding diaryl/α,β-unsaturated/α-hetero) is 1. The predicted molar refractivity (Wildman–Crippen MR) is 89.9 cm³/mol. The molecule has 0 unspecified atom stereocenters. The number of hydrogen-bond acceptors (Lipinski definition) is 2. The van der Waals surface area contributed by atoms with Gasteiger partial charge in [-0.2, -0.15) is 0 Å². The van der Waals surface area contributed by atoms with Crippen LogP contribution in [0.15, 0.2) is 24.3 Å². The highest BCUT2D eigenvalue weighted by atomic mass is 16.2. The van der Waals surface area contributed by atoms with E-state index in [1.165, 1.54) is 6.42 Å². The van der Waals surface area contributed by atoms with E-state index < -0.39 is 0 Å². The maximum atomic E-state index is 12.7. The van der Waals surface area contributed by atoms with Crippen LogP contribution in [0.4, 0.5) is 5.69 Å². The third-order valence-corrected chi connectivity index (χ3v) is 4.90. The number of nitrogens with one attached hydrogen (secondary N) is 1. The summed E-state index contributed by atoms with van der Waals surface area (Å²) in [6.45, 7) is 8.18. The van der Waals surface area contributed by atoms with Gasteiger partial charge in [0.25, 0.3) is 0 Å². The van der Waals surface area contributed by atoms with Gasteiger partial charge >= 0.3 is 0 Å². The van der Waals surface area contributed by atoms with Crippen molar-refractivity contribution in [1.29, 1.82) is 0 Å². The van der Waals surface area contributed by atoms with E-state index in [9.17, 15) is 9.59 Å². The average molecular weight is 301 g/mol. The van der Waals surface area contributed by atoms with E-state index in [0.717, 1.165) is 18.5 Å². The van der Waals surface area contributed by atoms with Crippen molar-refractivity contribution in [1.82, 2.24) is 0 Å². The highest BCUT2D eigenvalue weighted by Gasteiger charge is 2.35. The molecule has 3 heteroatoms. The van der Waals surface area contributed by atoms with Crippen LogP contribution in [-0.2, 0) is 4.79 Å². The molecule has 2 rings (SSSR count). The average Bonchev–Trinajstić information content (AvgIpc) is 2.47. The van der Waals surface area contributed by atoms with Crippen LogP contribution in [0.1, 0.15) is 57.3 Å². The van der Waals surface area contributed by atoms with Gasteiger partial charge in [0.2, 0.25) is 5.91 Å². The molecule has 120 valence electrons. The van der Waals surface area contributed by atoms with Crippen LogP contribution < -0.4 is 5.32 Å². The van der Waals surface area contributed by atoms with E-state index in [2.05, 4.69) is 26.1 Å². The molecule has 3 atom stereocenters. The Balaban J connectivity index is 2.12. The summed E-state index contributed by atoms with van der Waals surface area (Å²) in [5, 5.41) is 3.02. The van der Waals surface area contributed by atoms with Gasteiger partial charge in [0.1, 0.15) is 0 Å². The zero-order chi connectivity index (χ0) is 16.3. The predicted octanol–water partition coefficient (Wildman–Crippen LogP) is 4.54. The minimum absolute atomic E-state index is 0.0162. The van der Waals surface area contributed by atoms with Crippen molar-refractivity contribution in [2.75, 3.05) is 5.32 Å². The summed E-state index contributed by atoms with van der Waals surface area (Å²) in [7, 11) is 0. The van der Waals surface area contributed by atoms with E-state index in [4.69, 9.17) is 0 Å². The first-order chi connectivity index (χ1) is 10.4. The molecular formula is C19H27NO2. The van der Waals surface area contributed by atoms with Crippen molar-refractivity contribution in [3.8, 4) is 0 Å². The van der Waals surface area contributed by atoms with Crippen molar-refractivity contribution < 1.29 is 9.59 Å². The van der Waals surface area contributed by atoms with Gasteiger partial charge in [-0.15, -0.1) is 0 Å². The first-order valence-corrected chi connectivity index (χ1v) is 8.30. The zero-order valence-corrected chi connectivity index (χ0v) is 14.1. The molecule has 0 saturated heterocycles. The fourth-order valence-electron chi connectivity index (χ4n) is 3.55. The molecule has 22 heavy (non-hydrogen) atoms. The minimum Gasteiger partial charge on any atom is -0.326 e. The maximum absolute atomic E-state index is 12.7. The fraction of sp³-hybridized carbons (Fsp3) is 0.579. The number of hydrogen-bond donors (Lipinski definition) is 1. The van der Waals surface area contributed by atoms with Crippen molar-refractivity contribution >= 4 is 17.4 Å². The monoisotopic (exact) mass is 301 g/mol. The number of rotatable bonds is 4. The van der Waals surface area contributed by atoms with Crippen LogP contribution in [0, 0.1) is 23.7 Å². The quantitative estimate of drug-likeness (QED) is 0.830. The van der Waals surface area contributed by atoms with Crippen molar-refractivity contribution in [3.63, 3.8) is 0 Å². The summed E-state index contributed by atoms with van der Waals surface area (Å²) in [6.07, 6.45) is 3.30. The Morgan fingerprint density at radius 3 is 2.59 bits per heavy atom. The van der Waals surface area contributed by atoms with Crippen LogP contribution in [0.3, 0.4) is 0 Å². The summed E-state index contributed by atoms with van der Waals surface area (Å²) in [4.78, 5) is 24.2. The molecule has 1 amide bonds. The lowest BCUT2D eigenvalue weighted by Gasteiger charge is -2.36. The molecule has 1 fully saturated rings. The highest BCUT2D eigenvalue weighted by molar-refractivity contribution is 5.97. The topological polar surface area (TPSA) is 46.2 Å². The first kappa shape index (κ1) is 16.7. The molecule has 1 N–H and O–H groups in total. The number of amides is 1. The van der Waals surface area contributed by atoms with Gasteiger partial charge in [0.15, 0.2) is 5.78 Å². The molecule has 0 bridgehead atoms. The number of benzene rings is 1. The molecule has 0 aromatic heterocycles. The molecule has 0 radical (unpaired) electrons. The standard InChI is InChI=1S/C19H27NO2/c1-12(2)17-9-8-13(3)10-18(17)19(22)20-16-7-5-6-15(11-16)14(4)21/h5-7,11-13,17-18H,8-10H2,1-4H3,(H,20,22)/t13-,17+,18-/m1/s1. The van der Waals surface area contributed by atoms with Gasteiger partial charge in [-0.05, 0) is 49.7 Å². The van der Waals surface area contributed by atoms with Crippen LogP contribution in [0.25, 0.3) is 0 Å². The normalized spacial score (nSPS) is 25.0. The molecule has 0 spiro atoms. The van der Waals surface area contributed by atoms with Crippen molar-refractivity contribution in [2.45, 2.75) is 47.0 Å². The summed E-state index contributed by atoms with van der Waals surface area (Å²) < 4.78 is 0. The third kappa shape index (κ3) is 3.96. The fourth-order valence-corrected chi connectivity index (χ4v) is 3.55. The Hall–Kier alpha value is -1.64. The first-order valence-electron chi connectivity index (χ1n) is 8.30. The second kappa shape index (κ2) is 7.08. The van der Waals surface area contributed by atoms with Crippen molar-refractivity contribution in [3.05, 3.63) is 29.8 Å². The van der Waals surface area contributed by atoms with E-state index >= 15 is 0 Å². The number of carbonyl (C=O) groups is 2. The molecule has 1 aliphatic carbocycles. The van der Waals surface area contributed by atoms with Crippen LogP contribution >= 0.6 is 0 Å². The molecule has 1 saturated carbocycles. The molecule has 1 aliphatic rings. The Morgan fingerprint density at radius 2 is 1.95 bits per heavy atom. The van der Waals surface area contributed by atoms with Crippen molar-refractivity contribution in [2.24, 2.45) is 23.7 Å². The number of carbonyl (C=O) groups excluding carboxylic acids is 2. The smallest absolute Gasteiger partial charge is 0.227 e. The Morgan fingerprint density at radius 1 is 1.23 bits per heavy atom. The highest BCUT2D eigenvalue weighted by Crippen LogP contribution is 2.38. The molecule has 3 nitrogen and oxygen atoms in total. The number of ketones is 1. The number of anilines is 1. The van der Waals surface area contributed by atoms with Crippen LogP contribution in [-0.4, -0.2) is 11.7 Å². The second-order valence-electron chi connectivity index (χ2n) is 7.06.